The van der Waals surface area contributed by atoms with Gasteiger partial charge in [-0.05, 0) is 48.9 Å². The third-order valence-electron chi connectivity index (χ3n) is 8.58. The number of nitrogens with zero attached hydrogens (tertiary/aromatic N) is 8. The second-order valence-electron chi connectivity index (χ2n) is 11.9. The first-order valence-electron chi connectivity index (χ1n) is 15.0. The van der Waals surface area contributed by atoms with E-state index in [0.717, 1.165) is 29.6 Å². The average molecular weight is 705 g/mol. The van der Waals surface area contributed by atoms with Crippen molar-refractivity contribution >= 4 is 29.6 Å². The first kappa shape index (κ1) is 32.4. The highest BCUT2D eigenvalue weighted by molar-refractivity contribution is 6.33. The Balaban J connectivity index is 1.17. The van der Waals surface area contributed by atoms with Gasteiger partial charge in [0.05, 0.1) is 23.3 Å². The normalized spacial score (nSPS) is 19.2. The molecule has 4 aromatic rings. The van der Waals surface area contributed by atoms with Crippen LogP contribution in [0.5, 0.6) is 0 Å². The molecule has 3 heterocycles. The maximum atomic E-state index is 14.0. The molecule has 19 heteroatoms. The summed E-state index contributed by atoms with van der Waals surface area (Å²) in [7, 11) is 0. The highest BCUT2D eigenvalue weighted by atomic mass is 35.5. The van der Waals surface area contributed by atoms with Gasteiger partial charge in [-0.1, -0.05) is 41.9 Å². The number of alkyl carbamates (subject to hydrolysis) is 1. The number of carbonyl (C=O) groups is 2. The van der Waals surface area contributed by atoms with E-state index in [1.165, 1.54) is 18.2 Å². The third kappa shape index (κ3) is 6.15. The number of hydrogen-bond donors (Lipinski definition) is 2. The minimum atomic E-state index is -4.70. The van der Waals surface area contributed by atoms with Gasteiger partial charge in [-0.15, -0.1) is 0 Å². The molecule has 256 valence electrons. The molecule has 0 unspecified atom stereocenters. The van der Waals surface area contributed by atoms with E-state index in [4.69, 9.17) is 22.1 Å². The van der Waals surface area contributed by atoms with Crippen LogP contribution >= 0.6 is 11.6 Å². The van der Waals surface area contributed by atoms with Gasteiger partial charge in [-0.2, -0.15) is 46.7 Å². The fraction of sp³-hybridized carbons (Fsp3) is 0.367. The van der Waals surface area contributed by atoms with Crippen LogP contribution in [0, 0.1) is 0 Å². The van der Waals surface area contributed by atoms with Gasteiger partial charge < -0.3 is 15.8 Å². The molecule has 0 spiro atoms. The molecule has 2 amide bonds. The Morgan fingerprint density at radius 1 is 1.12 bits per heavy atom. The van der Waals surface area contributed by atoms with Gasteiger partial charge in [0.2, 0.25) is 0 Å². The van der Waals surface area contributed by atoms with Gasteiger partial charge in [0.15, 0.2) is 17.8 Å². The number of ether oxygens (including phenoxy) is 1. The summed E-state index contributed by atoms with van der Waals surface area (Å²) < 4.78 is 73.4. The predicted molar refractivity (Wildman–Crippen MR) is 162 cm³/mol. The number of nitrogens with two attached hydrogens (primary N) is 1. The zero-order valence-electron chi connectivity index (χ0n) is 25.2. The lowest BCUT2D eigenvalue weighted by molar-refractivity contribution is -0.164. The lowest BCUT2D eigenvalue weighted by atomic mass is 10.0. The molecule has 49 heavy (non-hydrogen) atoms. The Kier molecular flexibility index (Phi) is 7.99. The van der Waals surface area contributed by atoms with Crippen LogP contribution in [0.4, 0.5) is 26.7 Å². The van der Waals surface area contributed by atoms with Crippen molar-refractivity contribution < 1.29 is 36.3 Å². The number of nitrogens with one attached hydrogen (secondary N) is 1. The van der Waals surface area contributed by atoms with Crippen LogP contribution in [0.25, 0.3) is 22.6 Å². The number of aromatic nitrogens is 6. The van der Waals surface area contributed by atoms with E-state index in [2.05, 4.69) is 25.3 Å². The lowest BCUT2D eigenvalue weighted by Gasteiger charge is -2.29. The third-order valence-corrected chi connectivity index (χ3v) is 8.91. The standard InChI is InChI=1S/C30H26ClF5N10O3/c31-20-8-5-17(11-19(20)24-38-14-40-45(24)26(32)33)22(13-49-28(48)42-29(9-10-29)30(34,35)36)44-25(47)23(41-27(44)37)16-3-1-15(2-4-16)21-12-39-46(43-21)18-6-7-18/h1-5,8,11-12,14,18,22-23,26H,6-7,9-10,13H2,(H2,37,41)(H,42,48)/t22-,23-/m1/s1. The van der Waals surface area contributed by atoms with Crippen LogP contribution < -0.4 is 11.1 Å². The van der Waals surface area contributed by atoms with Crippen LogP contribution in [0.15, 0.2) is 60.0 Å². The van der Waals surface area contributed by atoms with E-state index in [9.17, 15) is 31.5 Å². The topological polar surface area (TPSA) is 158 Å². The molecular weight excluding hydrogens is 679 g/mol. The SMILES string of the molecule is NC1=N[C@H](c2ccc(-c3cnn(C4CC4)n3)cc2)C(=O)N1[C@H](COC(=O)NC1(C(F)(F)F)CC1)c1ccc(Cl)c(-c2ncnn2C(F)F)c1. The molecule has 3 aliphatic rings. The van der Waals surface area contributed by atoms with Crippen LogP contribution in [0.2, 0.25) is 5.02 Å². The summed E-state index contributed by atoms with van der Waals surface area (Å²) in [5, 5.41) is 14.2. The monoisotopic (exact) mass is 704 g/mol. The number of rotatable bonds is 10. The van der Waals surface area contributed by atoms with Gasteiger partial charge in [-0.25, -0.2) is 14.8 Å². The molecule has 2 aromatic carbocycles. The zero-order chi connectivity index (χ0) is 34.7. The average Bonchev–Trinajstić information content (AvgIpc) is 3.93. The van der Waals surface area contributed by atoms with E-state index in [-0.39, 0.29) is 40.8 Å². The van der Waals surface area contributed by atoms with Gasteiger partial charge >= 0.3 is 18.8 Å². The Bertz CT molecular complexity index is 1940. The smallest absolute Gasteiger partial charge is 0.411 e. The van der Waals surface area contributed by atoms with Crippen LogP contribution in [-0.2, 0) is 9.53 Å². The minimum Gasteiger partial charge on any atom is -0.447 e. The van der Waals surface area contributed by atoms with Crippen LogP contribution in [0.3, 0.4) is 0 Å². The van der Waals surface area contributed by atoms with E-state index in [1.54, 1.807) is 35.3 Å². The molecule has 2 aliphatic carbocycles. The highest BCUT2D eigenvalue weighted by Crippen LogP contribution is 2.49. The number of halogens is 6. The quantitative estimate of drug-likeness (QED) is 0.209. The van der Waals surface area contributed by atoms with Crippen molar-refractivity contribution in [1.29, 1.82) is 0 Å². The summed E-state index contributed by atoms with van der Waals surface area (Å²) in [4.78, 5) is 37.5. The second kappa shape index (κ2) is 12.1. The van der Waals surface area contributed by atoms with Gasteiger partial charge in [0.1, 0.15) is 24.2 Å². The first-order chi connectivity index (χ1) is 23.3. The van der Waals surface area contributed by atoms with Gasteiger partial charge in [0.25, 0.3) is 5.91 Å². The molecule has 0 bridgehead atoms. The fourth-order valence-electron chi connectivity index (χ4n) is 5.57. The molecule has 2 atom stereocenters. The van der Waals surface area contributed by atoms with Crippen molar-refractivity contribution in [2.45, 2.75) is 62.1 Å². The van der Waals surface area contributed by atoms with Crippen LogP contribution in [-0.4, -0.2) is 70.9 Å². The molecule has 13 nitrogen and oxygen atoms in total. The fourth-order valence-corrected chi connectivity index (χ4v) is 5.77. The summed E-state index contributed by atoms with van der Waals surface area (Å²) >= 11 is 6.35. The second-order valence-corrected chi connectivity index (χ2v) is 12.3. The maximum absolute atomic E-state index is 14.0. The molecule has 3 N–H and O–H groups in total. The van der Waals surface area contributed by atoms with Crippen molar-refractivity contribution in [1.82, 2.24) is 40.0 Å². The number of benzene rings is 2. The summed E-state index contributed by atoms with van der Waals surface area (Å²) in [6.45, 7) is -3.75. The number of hydrogen-bond acceptors (Lipinski definition) is 9. The van der Waals surface area contributed by atoms with E-state index < -0.39 is 49.0 Å². The van der Waals surface area contributed by atoms with Crippen molar-refractivity contribution in [2.75, 3.05) is 6.61 Å². The van der Waals surface area contributed by atoms with Crippen molar-refractivity contribution in [3.63, 3.8) is 0 Å². The number of alkyl halides is 5. The van der Waals surface area contributed by atoms with Gasteiger partial charge in [0, 0.05) is 11.1 Å². The minimum absolute atomic E-state index is 0.00133. The maximum Gasteiger partial charge on any atom is 0.411 e. The Hall–Kier alpha value is -5.13. The zero-order valence-corrected chi connectivity index (χ0v) is 25.9. The first-order valence-corrected chi connectivity index (χ1v) is 15.4. The molecular formula is C30H26ClF5N10O3. The number of guanidine groups is 1. The largest absolute Gasteiger partial charge is 0.447 e. The van der Waals surface area contributed by atoms with Gasteiger partial charge in [-0.3, -0.25) is 9.69 Å². The molecule has 1 aliphatic heterocycles. The molecule has 2 saturated carbocycles. The highest BCUT2D eigenvalue weighted by Gasteiger charge is 2.64. The number of amides is 2. The molecule has 0 saturated heterocycles. The molecule has 2 aromatic heterocycles. The molecule has 7 rings (SSSR count). The lowest BCUT2D eigenvalue weighted by Crippen LogP contribution is -2.49. The van der Waals surface area contributed by atoms with E-state index in [0.29, 0.717) is 22.0 Å². The predicted octanol–water partition coefficient (Wildman–Crippen LogP) is 5.35. The number of aliphatic imine (C=N–C) groups is 1. The molecule has 2 fully saturated rings. The van der Waals surface area contributed by atoms with E-state index >= 15 is 0 Å². The van der Waals surface area contributed by atoms with Crippen molar-refractivity contribution in [3.05, 3.63) is 71.1 Å². The number of carbonyl (C=O) groups excluding carboxylic acids is 2. The van der Waals surface area contributed by atoms with Crippen LogP contribution in [0.1, 0.15) is 61.5 Å². The Morgan fingerprint density at radius 2 is 1.86 bits per heavy atom. The van der Waals surface area contributed by atoms with Crippen molar-refractivity contribution in [3.8, 4) is 22.6 Å². The summed E-state index contributed by atoms with van der Waals surface area (Å²) in [5.41, 5.74) is 5.91. The Labute approximate surface area is 278 Å². The summed E-state index contributed by atoms with van der Waals surface area (Å²) in [6, 6.07) is 8.86. The summed E-state index contributed by atoms with van der Waals surface area (Å²) in [5.74, 6) is -1.22. The molecule has 0 radical (unpaired) electrons. The van der Waals surface area contributed by atoms with Crippen molar-refractivity contribution in [2.24, 2.45) is 10.7 Å². The van der Waals surface area contributed by atoms with E-state index in [1.807, 2.05) is 5.32 Å². The summed E-state index contributed by atoms with van der Waals surface area (Å²) in [6.07, 6.45) is -2.11. The Morgan fingerprint density at radius 3 is 2.51 bits per heavy atom.